The molecule has 3 aliphatic rings. The topological polar surface area (TPSA) is 84.0 Å². The van der Waals surface area contributed by atoms with Crippen LogP contribution in [0.2, 0.25) is 0 Å². The van der Waals surface area contributed by atoms with Crippen molar-refractivity contribution in [1.82, 2.24) is 9.80 Å². The number of nitrogens with zero attached hydrogens (tertiary/aromatic N) is 2. The van der Waals surface area contributed by atoms with Gasteiger partial charge in [0.15, 0.2) is 0 Å². The monoisotopic (exact) mass is 480 g/mol. The third-order valence-corrected chi connectivity index (χ3v) is 6.92. The zero-order valence-corrected chi connectivity index (χ0v) is 18.9. The molecule has 2 heterocycles. The molecule has 7 nitrogen and oxygen atoms in total. The van der Waals surface area contributed by atoms with Crippen LogP contribution in [0.4, 0.5) is 13.2 Å². The summed E-state index contributed by atoms with van der Waals surface area (Å²) in [6.07, 6.45) is -3.24. The van der Waals surface area contributed by atoms with E-state index in [1.165, 1.54) is 17.0 Å². The predicted octanol–water partition coefficient (Wildman–Crippen LogP) is 3.06. The molecule has 1 aromatic carbocycles. The van der Waals surface area contributed by atoms with E-state index in [0.717, 1.165) is 17.0 Å². The number of alkyl halides is 3. The summed E-state index contributed by atoms with van der Waals surface area (Å²) in [4.78, 5) is 54.2. The number of carbonyl (C=O) groups is 4. The summed E-state index contributed by atoms with van der Waals surface area (Å²) in [5.74, 6) is -2.11. The van der Waals surface area contributed by atoms with Crippen LogP contribution in [0.1, 0.15) is 56.6 Å². The highest BCUT2D eigenvalue weighted by atomic mass is 19.4. The molecule has 184 valence electrons. The van der Waals surface area contributed by atoms with Crippen molar-refractivity contribution < 1.29 is 37.1 Å². The lowest BCUT2D eigenvalue weighted by Crippen LogP contribution is -2.46. The molecule has 1 aromatic rings. The number of halogens is 3. The zero-order valence-electron chi connectivity index (χ0n) is 18.9. The Morgan fingerprint density at radius 1 is 1.12 bits per heavy atom. The average molecular weight is 480 g/mol. The Kier molecular flexibility index (Phi) is 6.44. The lowest BCUT2D eigenvalue weighted by atomic mass is 9.75. The van der Waals surface area contributed by atoms with Crippen molar-refractivity contribution in [3.8, 4) is 0 Å². The first-order valence-corrected chi connectivity index (χ1v) is 11.6. The molecule has 34 heavy (non-hydrogen) atoms. The lowest BCUT2D eigenvalue weighted by molar-refractivity contribution is -0.151. The predicted molar refractivity (Wildman–Crippen MR) is 113 cm³/mol. The minimum Gasteiger partial charge on any atom is -0.466 e. The molecule has 0 aromatic heterocycles. The molecule has 2 saturated heterocycles. The number of ether oxygens (including phenoxy) is 1. The summed E-state index contributed by atoms with van der Waals surface area (Å²) in [5, 5.41) is 0. The fraction of sp³-hybridized carbons (Fsp3) is 0.583. The fourth-order valence-corrected chi connectivity index (χ4v) is 4.92. The number of amides is 3. The zero-order chi connectivity index (χ0) is 24.7. The van der Waals surface area contributed by atoms with E-state index in [1.807, 2.05) is 0 Å². The van der Waals surface area contributed by atoms with E-state index in [1.54, 1.807) is 6.92 Å². The molecule has 1 aliphatic carbocycles. The van der Waals surface area contributed by atoms with Crippen LogP contribution in [0, 0.1) is 5.92 Å². The van der Waals surface area contributed by atoms with Gasteiger partial charge in [0.1, 0.15) is 0 Å². The first-order valence-electron chi connectivity index (χ1n) is 11.6. The third-order valence-electron chi connectivity index (χ3n) is 6.92. The highest BCUT2D eigenvalue weighted by molar-refractivity contribution is 6.11. The first-order chi connectivity index (χ1) is 16.1. The summed E-state index contributed by atoms with van der Waals surface area (Å²) in [6, 6.07) is 4.12. The second-order valence-electron chi connectivity index (χ2n) is 9.22. The van der Waals surface area contributed by atoms with Gasteiger partial charge in [-0.15, -0.1) is 0 Å². The van der Waals surface area contributed by atoms with E-state index in [9.17, 15) is 32.3 Å². The van der Waals surface area contributed by atoms with Gasteiger partial charge in [-0.1, -0.05) is 18.2 Å². The van der Waals surface area contributed by atoms with Gasteiger partial charge in [0.25, 0.3) is 0 Å². The van der Waals surface area contributed by atoms with Crippen molar-refractivity contribution in [1.29, 1.82) is 0 Å². The van der Waals surface area contributed by atoms with Crippen molar-refractivity contribution >= 4 is 23.7 Å². The highest BCUT2D eigenvalue weighted by Crippen LogP contribution is 2.45. The second kappa shape index (κ2) is 9.03. The maximum absolute atomic E-state index is 13.5. The SMILES string of the molecule is CCOC(=O)C1CCN(C(=O)CC2(c3cccc(C(F)(F)F)c3)CC(=O)N(C3CC3)C2=O)CC1. The maximum Gasteiger partial charge on any atom is 0.416 e. The summed E-state index contributed by atoms with van der Waals surface area (Å²) in [6.45, 7) is 2.53. The number of benzene rings is 1. The number of rotatable bonds is 6. The van der Waals surface area contributed by atoms with Gasteiger partial charge in [0.05, 0.1) is 23.5 Å². The molecule has 2 aliphatic heterocycles. The van der Waals surface area contributed by atoms with Crippen molar-refractivity contribution in [2.45, 2.75) is 63.1 Å². The van der Waals surface area contributed by atoms with Crippen LogP contribution in [-0.4, -0.2) is 59.2 Å². The number of carbonyl (C=O) groups excluding carboxylic acids is 4. The first kappa shape index (κ1) is 24.2. The molecule has 3 amide bonds. The molecule has 10 heteroatoms. The Morgan fingerprint density at radius 2 is 1.79 bits per heavy atom. The number of esters is 1. The van der Waals surface area contributed by atoms with Crippen LogP contribution in [0.25, 0.3) is 0 Å². The van der Waals surface area contributed by atoms with Gasteiger partial charge >= 0.3 is 12.1 Å². The Labute approximate surface area is 195 Å². The molecule has 0 N–H and O–H groups in total. The van der Waals surface area contributed by atoms with E-state index >= 15 is 0 Å². The molecule has 0 bridgehead atoms. The highest BCUT2D eigenvalue weighted by Gasteiger charge is 2.57. The van der Waals surface area contributed by atoms with Gasteiger partial charge in [0.2, 0.25) is 17.7 Å². The van der Waals surface area contributed by atoms with Gasteiger partial charge in [-0.2, -0.15) is 13.2 Å². The van der Waals surface area contributed by atoms with E-state index in [-0.39, 0.29) is 49.6 Å². The number of piperidine rings is 1. The molecule has 0 radical (unpaired) electrons. The van der Waals surface area contributed by atoms with E-state index in [2.05, 4.69) is 0 Å². The normalized spacial score (nSPS) is 24.0. The Hall–Kier alpha value is -2.91. The van der Waals surface area contributed by atoms with Crippen LogP contribution < -0.4 is 0 Å². The van der Waals surface area contributed by atoms with Crippen molar-refractivity contribution in [2.24, 2.45) is 5.92 Å². The molecule has 1 saturated carbocycles. The molecule has 4 rings (SSSR count). The van der Waals surface area contributed by atoms with Gasteiger partial charge in [0, 0.05) is 32.0 Å². The molecule has 3 fully saturated rings. The van der Waals surface area contributed by atoms with Crippen molar-refractivity contribution in [2.75, 3.05) is 19.7 Å². The summed E-state index contributed by atoms with van der Waals surface area (Å²) < 4.78 is 45.3. The Morgan fingerprint density at radius 3 is 2.38 bits per heavy atom. The third kappa shape index (κ3) is 4.54. The smallest absolute Gasteiger partial charge is 0.416 e. The molecule has 1 atom stereocenters. The maximum atomic E-state index is 13.5. The van der Waals surface area contributed by atoms with Gasteiger partial charge < -0.3 is 9.64 Å². The average Bonchev–Trinajstić information content (AvgIpc) is 3.59. The van der Waals surface area contributed by atoms with E-state index < -0.39 is 41.3 Å². The summed E-state index contributed by atoms with van der Waals surface area (Å²) in [5.41, 5.74) is -2.58. The molecular weight excluding hydrogens is 453 g/mol. The van der Waals surface area contributed by atoms with E-state index in [0.29, 0.717) is 25.7 Å². The Balaban J connectivity index is 1.59. The number of likely N-dealkylation sites (tertiary alicyclic amines) is 2. The van der Waals surface area contributed by atoms with Crippen LogP contribution in [0.3, 0.4) is 0 Å². The molecular formula is C24H27F3N2O5. The molecule has 0 spiro atoms. The van der Waals surface area contributed by atoms with Crippen LogP contribution in [0.5, 0.6) is 0 Å². The van der Waals surface area contributed by atoms with Crippen LogP contribution in [0.15, 0.2) is 24.3 Å². The fourth-order valence-electron chi connectivity index (χ4n) is 4.92. The van der Waals surface area contributed by atoms with Gasteiger partial charge in [-0.3, -0.25) is 24.1 Å². The Bertz CT molecular complexity index is 999. The summed E-state index contributed by atoms with van der Waals surface area (Å²) >= 11 is 0. The number of imide groups is 1. The summed E-state index contributed by atoms with van der Waals surface area (Å²) in [7, 11) is 0. The van der Waals surface area contributed by atoms with Gasteiger partial charge in [-0.25, -0.2) is 0 Å². The standard InChI is InChI=1S/C24H27F3N2O5/c1-2-34-21(32)15-8-10-28(11-9-15)19(30)13-23(14-20(31)29(22(23)33)18-6-7-18)16-4-3-5-17(12-16)24(25,26)27/h3-5,12,15,18H,2,6-11,13-14H2,1H3. The molecule has 1 unspecified atom stereocenters. The minimum absolute atomic E-state index is 0.0265. The second-order valence-corrected chi connectivity index (χ2v) is 9.22. The largest absolute Gasteiger partial charge is 0.466 e. The van der Waals surface area contributed by atoms with Crippen LogP contribution in [-0.2, 0) is 35.5 Å². The quantitative estimate of drug-likeness (QED) is 0.462. The lowest BCUT2D eigenvalue weighted by Gasteiger charge is -2.34. The number of hydrogen-bond acceptors (Lipinski definition) is 5. The van der Waals surface area contributed by atoms with Crippen molar-refractivity contribution in [3.63, 3.8) is 0 Å². The van der Waals surface area contributed by atoms with Crippen LogP contribution >= 0.6 is 0 Å². The minimum atomic E-state index is -4.63. The number of hydrogen-bond donors (Lipinski definition) is 0. The van der Waals surface area contributed by atoms with E-state index in [4.69, 9.17) is 4.74 Å². The van der Waals surface area contributed by atoms with Gasteiger partial charge in [-0.05, 0) is 44.2 Å². The van der Waals surface area contributed by atoms with Crippen molar-refractivity contribution in [3.05, 3.63) is 35.4 Å².